The highest BCUT2D eigenvalue weighted by molar-refractivity contribution is 5.97. The zero-order valence-corrected chi connectivity index (χ0v) is 18.5. The smallest absolute Gasteiger partial charge is 0.269 e. The topological polar surface area (TPSA) is 51.2 Å². The standard InChI is InChI=1S/C25H34N2O2/c1-15-10-22(24(28)26-14-16-6-9-19(11-16)29-5)27-23-20(15)12-18(17-7-8-17)13-21(23)25(2,3)4/h10,12-13,16-17,19H,6-9,11,14H2,1-5H3,(H,26,28)/t16-,19-/m0/s1. The van der Waals surface area contributed by atoms with Gasteiger partial charge >= 0.3 is 0 Å². The van der Waals surface area contributed by atoms with Gasteiger partial charge in [-0.25, -0.2) is 4.98 Å². The number of aromatic nitrogens is 1. The number of hydrogen-bond acceptors (Lipinski definition) is 3. The molecule has 156 valence electrons. The van der Waals surface area contributed by atoms with Crippen LogP contribution < -0.4 is 5.32 Å². The highest BCUT2D eigenvalue weighted by Crippen LogP contribution is 2.43. The first-order valence-electron chi connectivity index (χ1n) is 11.0. The number of carbonyl (C=O) groups excluding carboxylic acids is 1. The van der Waals surface area contributed by atoms with E-state index in [1.807, 2.05) is 6.07 Å². The fourth-order valence-corrected chi connectivity index (χ4v) is 4.61. The van der Waals surface area contributed by atoms with E-state index in [2.05, 4.69) is 45.1 Å². The Labute approximate surface area is 174 Å². The highest BCUT2D eigenvalue weighted by Gasteiger charge is 2.28. The molecule has 4 nitrogen and oxygen atoms in total. The van der Waals surface area contributed by atoms with Crippen LogP contribution in [0.4, 0.5) is 0 Å². The molecule has 1 heterocycles. The van der Waals surface area contributed by atoms with Crippen molar-refractivity contribution >= 4 is 16.8 Å². The van der Waals surface area contributed by atoms with Crippen molar-refractivity contribution in [1.29, 1.82) is 0 Å². The third-order valence-electron chi connectivity index (χ3n) is 6.61. The number of nitrogens with one attached hydrogen (secondary N) is 1. The summed E-state index contributed by atoms with van der Waals surface area (Å²) >= 11 is 0. The molecule has 1 N–H and O–H groups in total. The summed E-state index contributed by atoms with van der Waals surface area (Å²) < 4.78 is 5.45. The van der Waals surface area contributed by atoms with Crippen LogP contribution in [0, 0.1) is 12.8 Å². The number of aryl methyl sites for hydroxylation is 1. The van der Waals surface area contributed by atoms with Crippen molar-refractivity contribution in [3.05, 3.63) is 40.6 Å². The first kappa shape index (κ1) is 20.3. The van der Waals surface area contributed by atoms with E-state index < -0.39 is 0 Å². The van der Waals surface area contributed by atoms with E-state index in [9.17, 15) is 4.79 Å². The summed E-state index contributed by atoms with van der Waals surface area (Å²) in [5.74, 6) is 1.13. The molecule has 4 heteroatoms. The van der Waals surface area contributed by atoms with Crippen LogP contribution in [-0.4, -0.2) is 30.6 Å². The Kier molecular flexibility index (Phi) is 5.41. The molecule has 1 amide bonds. The Morgan fingerprint density at radius 1 is 1.17 bits per heavy atom. The maximum Gasteiger partial charge on any atom is 0.269 e. The number of benzene rings is 1. The largest absolute Gasteiger partial charge is 0.381 e. The molecule has 29 heavy (non-hydrogen) atoms. The second-order valence-corrected chi connectivity index (χ2v) is 10.1. The molecule has 4 rings (SSSR count). The molecule has 2 fully saturated rings. The predicted octanol–water partition coefficient (Wildman–Crippen LogP) is 5.26. The SMILES string of the molecule is CO[C@H]1CC[C@H](CNC(=O)c2cc(C)c3cc(C4CC4)cc(C(C)(C)C)c3n2)C1. The van der Waals surface area contributed by atoms with E-state index in [4.69, 9.17) is 9.72 Å². The van der Waals surface area contributed by atoms with Gasteiger partial charge in [-0.3, -0.25) is 4.79 Å². The number of amides is 1. The molecule has 2 saturated carbocycles. The molecule has 2 aliphatic rings. The highest BCUT2D eigenvalue weighted by atomic mass is 16.5. The number of pyridine rings is 1. The van der Waals surface area contributed by atoms with Crippen LogP contribution in [0.5, 0.6) is 0 Å². The minimum atomic E-state index is -0.0676. The zero-order valence-electron chi connectivity index (χ0n) is 18.5. The van der Waals surface area contributed by atoms with E-state index in [0.717, 1.165) is 30.3 Å². The fourth-order valence-electron chi connectivity index (χ4n) is 4.61. The van der Waals surface area contributed by atoms with E-state index in [-0.39, 0.29) is 11.3 Å². The van der Waals surface area contributed by atoms with Gasteiger partial charge in [0.25, 0.3) is 5.91 Å². The number of nitrogens with zero attached hydrogens (tertiary/aromatic N) is 1. The van der Waals surface area contributed by atoms with Gasteiger partial charge in [0.05, 0.1) is 11.6 Å². The Bertz CT molecular complexity index is 925. The molecule has 0 unspecified atom stereocenters. The van der Waals surface area contributed by atoms with Crippen molar-refractivity contribution in [2.45, 2.75) is 77.2 Å². The summed E-state index contributed by atoms with van der Waals surface area (Å²) in [5.41, 5.74) is 5.30. The van der Waals surface area contributed by atoms with Crippen LogP contribution in [-0.2, 0) is 10.2 Å². The number of ether oxygens (including phenoxy) is 1. The minimum Gasteiger partial charge on any atom is -0.381 e. The van der Waals surface area contributed by atoms with Gasteiger partial charge in [0.1, 0.15) is 5.69 Å². The number of rotatable bonds is 5. The summed E-state index contributed by atoms with van der Waals surface area (Å²) in [6, 6.07) is 6.58. The molecule has 2 aromatic rings. The number of fused-ring (bicyclic) bond motifs is 1. The van der Waals surface area contributed by atoms with Crippen LogP contribution in [0.3, 0.4) is 0 Å². The maximum atomic E-state index is 12.9. The lowest BCUT2D eigenvalue weighted by Gasteiger charge is -2.23. The molecule has 2 aliphatic carbocycles. The van der Waals surface area contributed by atoms with Gasteiger partial charge in [-0.2, -0.15) is 0 Å². The Balaban J connectivity index is 1.62. The van der Waals surface area contributed by atoms with Gasteiger partial charge in [0, 0.05) is 19.0 Å². The molecule has 0 spiro atoms. The molecular weight excluding hydrogens is 360 g/mol. The third kappa shape index (κ3) is 4.32. The molecule has 0 aliphatic heterocycles. The lowest BCUT2D eigenvalue weighted by molar-refractivity contribution is 0.0929. The number of methoxy groups -OCH3 is 1. The lowest BCUT2D eigenvalue weighted by Crippen LogP contribution is -2.29. The summed E-state index contributed by atoms with van der Waals surface area (Å²) in [4.78, 5) is 17.8. The average Bonchev–Trinajstić information content (AvgIpc) is 3.42. The average molecular weight is 395 g/mol. The second-order valence-electron chi connectivity index (χ2n) is 10.1. The predicted molar refractivity (Wildman–Crippen MR) is 118 cm³/mol. The van der Waals surface area contributed by atoms with Gasteiger partial charge in [0.15, 0.2) is 0 Å². The number of hydrogen-bond donors (Lipinski definition) is 1. The summed E-state index contributed by atoms with van der Waals surface area (Å²) in [7, 11) is 1.77. The van der Waals surface area contributed by atoms with Crippen molar-refractivity contribution in [3.8, 4) is 0 Å². The quantitative estimate of drug-likeness (QED) is 0.752. The third-order valence-corrected chi connectivity index (χ3v) is 6.61. The van der Waals surface area contributed by atoms with Crippen molar-refractivity contribution < 1.29 is 9.53 Å². The molecule has 1 aromatic heterocycles. The van der Waals surface area contributed by atoms with Crippen LogP contribution in [0.15, 0.2) is 18.2 Å². The van der Waals surface area contributed by atoms with Gasteiger partial charge in [-0.1, -0.05) is 26.8 Å². The Hall–Kier alpha value is -1.94. The monoisotopic (exact) mass is 394 g/mol. The molecule has 2 atom stereocenters. The minimum absolute atomic E-state index is 0.0172. The molecule has 0 saturated heterocycles. The van der Waals surface area contributed by atoms with Gasteiger partial charge in [-0.05, 0) is 85.1 Å². The zero-order chi connectivity index (χ0) is 20.8. The summed E-state index contributed by atoms with van der Waals surface area (Å²) in [6.45, 7) is 9.49. The van der Waals surface area contributed by atoms with Gasteiger partial charge in [-0.15, -0.1) is 0 Å². The Morgan fingerprint density at radius 3 is 2.55 bits per heavy atom. The van der Waals surface area contributed by atoms with Crippen LogP contribution in [0.2, 0.25) is 0 Å². The number of carbonyl (C=O) groups is 1. The lowest BCUT2D eigenvalue weighted by atomic mass is 9.83. The summed E-state index contributed by atoms with van der Waals surface area (Å²) in [5, 5.41) is 4.31. The van der Waals surface area contributed by atoms with Gasteiger partial charge in [0.2, 0.25) is 0 Å². The van der Waals surface area contributed by atoms with E-state index in [1.165, 1.54) is 29.4 Å². The molecular formula is C25H34N2O2. The summed E-state index contributed by atoms with van der Waals surface area (Å²) in [6.07, 6.45) is 6.14. The second kappa shape index (κ2) is 7.71. The van der Waals surface area contributed by atoms with Crippen molar-refractivity contribution in [2.75, 3.05) is 13.7 Å². The fraction of sp³-hybridized carbons (Fsp3) is 0.600. The van der Waals surface area contributed by atoms with Crippen LogP contribution >= 0.6 is 0 Å². The van der Waals surface area contributed by atoms with E-state index in [0.29, 0.717) is 30.2 Å². The normalized spacial score (nSPS) is 22.2. The van der Waals surface area contributed by atoms with Crippen LogP contribution in [0.25, 0.3) is 10.9 Å². The first-order valence-corrected chi connectivity index (χ1v) is 11.0. The molecule has 0 radical (unpaired) electrons. The van der Waals surface area contributed by atoms with E-state index in [1.54, 1.807) is 7.11 Å². The van der Waals surface area contributed by atoms with E-state index >= 15 is 0 Å². The molecule has 1 aromatic carbocycles. The Morgan fingerprint density at radius 2 is 1.93 bits per heavy atom. The maximum absolute atomic E-state index is 12.9. The van der Waals surface area contributed by atoms with Crippen LogP contribution in [0.1, 0.15) is 86.0 Å². The van der Waals surface area contributed by atoms with Crippen molar-refractivity contribution in [2.24, 2.45) is 5.92 Å². The molecule has 0 bridgehead atoms. The van der Waals surface area contributed by atoms with Gasteiger partial charge < -0.3 is 10.1 Å². The van der Waals surface area contributed by atoms with Crippen molar-refractivity contribution in [1.82, 2.24) is 10.3 Å². The van der Waals surface area contributed by atoms with Crippen molar-refractivity contribution in [3.63, 3.8) is 0 Å². The first-order chi connectivity index (χ1) is 13.8.